The van der Waals surface area contributed by atoms with Crippen molar-refractivity contribution in [2.75, 3.05) is 0 Å². The summed E-state index contributed by atoms with van der Waals surface area (Å²) < 4.78 is 13.5. The topological polar surface area (TPSA) is 104 Å². The van der Waals surface area contributed by atoms with Crippen LogP contribution in [0.1, 0.15) is 11.1 Å². The van der Waals surface area contributed by atoms with E-state index in [2.05, 4.69) is 19.9 Å². The first-order valence-electron chi connectivity index (χ1n) is 6.04. The first-order chi connectivity index (χ1) is 10.1. The quantitative estimate of drug-likeness (QED) is 0.296. The molecule has 2 aromatic heterocycles. The van der Waals surface area contributed by atoms with Crippen LogP contribution in [0, 0.1) is 11.2 Å². The average Bonchev–Trinajstić information content (AvgIpc) is 2.93. The highest BCUT2D eigenvalue weighted by Crippen LogP contribution is 2.26. The second-order valence-corrected chi connectivity index (χ2v) is 5.29. The van der Waals surface area contributed by atoms with Crippen LogP contribution < -0.4 is 5.73 Å². The normalized spacial score (nSPS) is 10.9. The van der Waals surface area contributed by atoms with Gasteiger partial charge in [0.2, 0.25) is 0 Å². The Kier molecular flexibility index (Phi) is 3.53. The molecule has 4 N–H and O–H groups in total. The van der Waals surface area contributed by atoms with Crippen molar-refractivity contribution in [1.82, 2.24) is 19.9 Å². The molecule has 0 aliphatic carbocycles. The highest BCUT2D eigenvalue weighted by atomic mass is 32.2. The second-order valence-electron chi connectivity index (χ2n) is 4.33. The predicted octanol–water partition coefficient (Wildman–Crippen LogP) is 2.07. The molecule has 3 rings (SSSR count). The van der Waals surface area contributed by atoms with Gasteiger partial charge in [0.15, 0.2) is 5.65 Å². The number of benzene rings is 1. The number of H-pyrrole nitrogens is 1. The van der Waals surface area contributed by atoms with Gasteiger partial charge in [-0.2, -0.15) is 0 Å². The zero-order valence-electron chi connectivity index (χ0n) is 10.8. The maximum Gasteiger partial charge on any atom is 0.181 e. The number of imidazole rings is 1. The number of thioether (sulfide) groups is 1. The van der Waals surface area contributed by atoms with E-state index in [1.54, 1.807) is 12.4 Å². The van der Waals surface area contributed by atoms with Gasteiger partial charge < -0.3 is 10.7 Å². The Hall–Kier alpha value is -2.48. The summed E-state index contributed by atoms with van der Waals surface area (Å²) in [5.74, 6) is -0.0604. The van der Waals surface area contributed by atoms with E-state index < -0.39 is 5.82 Å². The van der Waals surface area contributed by atoms with Crippen molar-refractivity contribution >= 4 is 28.8 Å². The first-order valence-corrected chi connectivity index (χ1v) is 7.03. The molecule has 0 spiro atoms. The van der Waals surface area contributed by atoms with Crippen molar-refractivity contribution in [3.8, 4) is 0 Å². The third kappa shape index (κ3) is 2.84. The number of hydrogen-bond acceptors (Lipinski definition) is 5. The Morgan fingerprint density at radius 2 is 2.14 bits per heavy atom. The smallest absolute Gasteiger partial charge is 0.181 e. The number of aromatic nitrogens is 4. The number of nitrogens with two attached hydrogens (primary N) is 1. The number of fused-ring (bicyclic) bond motifs is 1. The number of aromatic amines is 1. The van der Waals surface area contributed by atoms with Crippen LogP contribution in [0.25, 0.3) is 11.2 Å². The number of amidine groups is 1. The van der Waals surface area contributed by atoms with E-state index in [-0.39, 0.29) is 5.84 Å². The van der Waals surface area contributed by atoms with Gasteiger partial charge in [0, 0.05) is 11.3 Å². The van der Waals surface area contributed by atoms with Gasteiger partial charge in [-0.1, -0.05) is 11.8 Å². The fourth-order valence-electron chi connectivity index (χ4n) is 1.89. The van der Waals surface area contributed by atoms with Crippen LogP contribution in [0.15, 0.2) is 35.9 Å². The summed E-state index contributed by atoms with van der Waals surface area (Å²) in [5, 5.41) is 8.12. The molecule has 106 valence electrons. The molecule has 0 amide bonds. The Morgan fingerprint density at radius 1 is 1.29 bits per heavy atom. The summed E-state index contributed by atoms with van der Waals surface area (Å²) in [6.07, 6.45) is 3.00. The summed E-state index contributed by atoms with van der Waals surface area (Å²) in [5.41, 5.74) is 7.85. The summed E-state index contributed by atoms with van der Waals surface area (Å²) in [4.78, 5) is 15.3. The van der Waals surface area contributed by atoms with E-state index in [1.807, 2.05) is 0 Å². The highest BCUT2D eigenvalue weighted by Gasteiger charge is 2.08. The third-order valence-electron chi connectivity index (χ3n) is 2.83. The van der Waals surface area contributed by atoms with E-state index in [1.165, 1.54) is 30.2 Å². The van der Waals surface area contributed by atoms with Gasteiger partial charge in [0.05, 0.1) is 6.33 Å². The lowest BCUT2D eigenvalue weighted by Crippen LogP contribution is -2.11. The molecule has 0 aliphatic rings. The maximum absolute atomic E-state index is 13.5. The van der Waals surface area contributed by atoms with Crippen LogP contribution >= 0.6 is 11.8 Å². The molecule has 0 unspecified atom stereocenters. The molecule has 8 heteroatoms. The van der Waals surface area contributed by atoms with Gasteiger partial charge in [-0.15, -0.1) is 0 Å². The number of nitrogen functional groups attached to an aromatic ring is 1. The van der Waals surface area contributed by atoms with Crippen LogP contribution in [0.3, 0.4) is 0 Å². The van der Waals surface area contributed by atoms with E-state index in [0.29, 0.717) is 17.0 Å². The molecule has 6 nitrogen and oxygen atoms in total. The molecular formula is C13H11FN6S. The summed E-state index contributed by atoms with van der Waals surface area (Å²) in [6.45, 7) is 0. The Labute approximate surface area is 123 Å². The Bertz CT molecular complexity index is 815. The van der Waals surface area contributed by atoms with Gasteiger partial charge in [-0.25, -0.2) is 19.3 Å². The number of halogens is 1. The Balaban J connectivity index is 1.85. The standard InChI is InChI=1S/C13H11FN6S/c14-9-2-7(1-8(3-9)11(15)16)4-21-13-10-12(18-5-17-10)19-6-20-13/h1-3,5-6H,4H2,(H3,15,16)(H,17,18,19,20). The molecule has 0 radical (unpaired) electrons. The van der Waals surface area contributed by atoms with Gasteiger partial charge in [-0.3, -0.25) is 5.41 Å². The monoisotopic (exact) mass is 302 g/mol. The van der Waals surface area contributed by atoms with Crippen molar-refractivity contribution < 1.29 is 4.39 Å². The lowest BCUT2D eigenvalue weighted by molar-refractivity contribution is 0.626. The molecule has 0 saturated carbocycles. The number of nitrogens with zero attached hydrogens (tertiary/aromatic N) is 3. The van der Waals surface area contributed by atoms with Gasteiger partial charge in [0.1, 0.15) is 28.5 Å². The first kappa shape index (κ1) is 13.5. The van der Waals surface area contributed by atoms with E-state index >= 15 is 0 Å². The minimum Gasteiger partial charge on any atom is -0.384 e. The largest absolute Gasteiger partial charge is 0.384 e. The van der Waals surface area contributed by atoms with Crippen molar-refractivity contribution in [2.24, 2.45) is 5.73 Å². The zero-order valence-corrected chi connectivity index (χ0v) is 11.6. The number of hydrogen-bond donors (Lipinski definition) is 3. The van der Waals surface area contributed by atoms with Gasteiger partial charge in [0.25, 0.3) is 0 Å². The maximum atomic E-state index is 13.5. The molecule has 0 aliphatic heterocycles. The summed E-state index contributed by atoms with van der Waals surface area (Å²) in [7, 11) is 0. The van der Waals surface area contributed by atoms with Crippen LogP contribution in [-0.2, 0) is 5.75 Å². The van der Waals surface area contributed by atoms with Crippen molar-refractivity contribution in [1.29, 1.82) is 5.41 Å². The average molecular weight is 302 g/mol. The molecule has 1 aromatic carbocycles. The third-order valence-corrected chi connectivity index (χ3v) is 3.89. The fourth-order valence-corrected chi connectivity index (χ4v) is 2.78. The SMILES string of the molecule is N=C(N)c1cc(F)cc(CSc2ncnc3nc[nH]c23)c1. The van der Waals surface area contributed by atoms with Crippen LogP contribution in [-0.4, -0.2) is 25.8 Å². The Morgan fingerprint density at radius 3 is 2.95 bits per heavy atom. The van der Waals surface area contributed by atoms with Gasteiger partial charge >= 0.3 is 0 Å². The fraction of sp³-hybridized carbons (Fsp3) is 0.0769. The minimum absolute atomic E-state index is 0.154. The summed E-state index contributed by atoms with van der Waals surface area (Å²) in [6, 6.07) is 4.36. The van der Waals surface area contributed by atoms with Crippen molar-refractivity contribution in [2.45, 2.75) is 10.8 Å². The lowest BCUT2D eigenvalue weighted by atomic mass is 10.1. The molecule has 0 bridgehead atoms. The minimum atomic E-state index is -0.410. The van der Waals surface area contributed by atoms with Gasteiger partial charge in [-0.05, 0) is 23.8 Å². The molecule has 2 heterocycles. The van der Waals surface area contributed by atoms with E-state index in [4.69, 9.17) is 11.1 Å². The molecule has 0 fully saturated rings. The molecular weight excluding hydrogens is 291 g/mol. The molecule has 0 atom stereocenters. The molecule has 0 saturated heterocycles. The molecule has 3 aromatic rings. The highest BCUT2D eigenvalue weighted by molar-refractivity contribution is 7.98. The van der Waals surface area contributed by atoms with E-state index in [0.717, 1.165) is 16.1 Å². The molecule has 21 heavy (non-hydrogen) atoms. The van der Waals surface area contributed by atoms with E-state index in [9.17, 15) is 4.39 Å². The zero-order chi connectivity index (χ0) is 14.8. The summed E-state index contributed by atoms with van der Waals surface area (Å²) >= 11 is 1.44. The van der Waals surface area contributed by atoms with Crippen molar-refractivity contribution in [3.05, 3.63) is 47.8 Å². The second kappa shape index (κ2) is 5.49. The number of nitrogens with one attached hydrogen (secondary N) is 2. The van der Waals surface area contributed by atoms with Crippen LogP contribution in [0.2, 0.25) is 0 Å². The number of rotatable bonds is 4. The van der Waals surface area contributed by atoms with Crippen LogP contribution in [0.4, 0.5) is 4.39 Å². The predicted molar refractivity (Wildman–Crippen MR) is 78.7 cm³/mol. The van der Waals surface area contributed by atoms with Crippen LogP contribution in [0.5, 0.6) is 0 Å². The van der Waals surface area contributed by atoms with Crippen molar-refractivity contribution in [3.63, 3.8) is 0 Å². The lowest BCUT2D eigenvalue weighted by Gasteiger charge is -2.05.